The molecule has 0 saturated heterocycles. The lowest BCUT2D eigenvalue weighted by atomic mass is 9.99. The van der Waals surface area contributed by atoms with Gasteiger partial charge in [-0.25, -0.2) is 4.79 Å². The van der Waals surface area contributed by atoms with Gasteiger partial charge >= 0.3 is 5.97 Å². The Morgan fingerprint density at radius 3 is 2.48 bits per heavy atom. The van der Waals surface area contributed by atoms with Crippen LogP contribution in [0.15, 0.2) is 0 Å². The number of aryl methyl sites for hydroxylation is 1. The number of hydrogen-bond acceptors (Lipinski definition) is 5. The number of aromatic amines is 1. The predicted octanol–water partition coefficient (Wildman–Crippen LogP) is 2.65. The third-order valence-corrected chi connectivity index (χ3v) is 5.02. The van der Waals surface area contributed by atoms with Gasteiger partial charge in [-0.15, -0.1) is 0 Å². The summed E-state index contributed by atoms with van der Waals surface area (Å²) in [5.41, 5.74) is 1.91. The molecule has 0 aliphatic heterocycles. The lowest BCUT2D eigenvalue weighted by Crippen LogP contribution is -2.45. The van der Waals surface area contributed by atoms with Gasteiger partial charge in [0.25, 0.3) is 0 Å². The highest BCUT2D eigenvalue weighted by atomic mass is 16.5. The second kappa shape index (κ2) is 9.17. The van der Waals surface area contributed by atoms with Crippen molar-refractivity contribution in [3.8, 4) is 0 Å². The first-order chi connectivity index (χ1) is 12.8. The molecule has 0 unspecified atom stereocenters. The summed E-state index contributed by atoms with van der Waals surface area (Å²) in [7, 11) is 1.30. The predicted molar refractivity (Wildman–Crippen MR) is 101 cm³/mol. The molecule has 0 radical (unpaired) electrons. The van der Waals surface area contributed by atoms with E-state index < -0.39 is 12.0 Å². The van der Waals surface area contributed by atoms with Gasteiger partial charge in [0.2, 0.25) is 5.91 Å². The number of rotatable bonds is 10. The minimum atomic E-state index is -0.599. The van der Waals surface area contributed by atoms with E-state index in [1.54, 1.807) is 25.7 Å². The Morgan fingerprint density at radius 2 is 1.93 bits per heavy atom. The van der Waals surface area contributed by atoms with E-state index in [2.05, 4.69) is 4.98 Å². The van der Waals surface area contributed by atoms with E-state index in [1.807, 2.05) is 6.92 Å². The second-order valence-corrected chi connectivity index (χ2v) is 7.01. The largest absolute Gasteiger partial charge is 0.464 e. The number of carbonyl (C=O) groups is 3. The maximum Gasteiger partial charge on any atom is 0.354 e. The number of nitrogens with one attached hydrogen (secondary N) is 1. The van der Waals surface area contributed by atoms with Crippen LogP contribution in [-0.2, 0) is 14.3 Å². The maximum absolute atomic E-state index is 13.2. The zero-order valence-corrected chi connectivity index (χ0v) is 16.9. The molecule has 1 aromatic rings. The summed E-state index contributed by atoms with van der Waals surface area (Å²) in [5.74, 6) is -0.607. The number of aromatic nitrogens is 1. The van der Waals surface area contributed by atoms with Gasteiger partial charge in [0.15, 0.2) is 5.78 Å². The summed E-state index contributed by atoms with van der Waals surface area (Å²) in [6, 6.07) is -0.599. The number of ketones is 1. The molecule has 27 heavy (non-hydrogen) atoms. The zero-order valence-electron chi connectivity index (χ0n) is 16.9. The third-order valence-electron chi connectivity index (χ3n) is 5.02. The van der Waals surface area contributed by atoms with Gasteiger partial charge in [-0.2, -0.15) is 0 Å². The van der Waals surface area contributed by atoms with Crippen LogP contribution in [0.25, 0.3) is 0 Å². The highest BCUT2D eigenvalue weighted by Gasteiger charge is 2.38. The van der Waals surface area contributed by atoms with Crippen LogP contribution >= 0.6 is 0 Å². The van der Waals surface area contributed by atoms with Gasteiger partial charge in [-0.3, -0.25) is 9.59 Å². The molecule has 1 atom stereocenters. The van der Waals surface area contributed by atoms with Crippen LogP contribution in [-0.4, -0.2) is 60.5 Å². The average molecular weight is 378 g/mol. The molecule has 7 heteroatoms. The first kappa shape index (κ1) is 21.2. The molecule has 150 valence electrons. The van der Waals surface area contributed by atoms with Crippen molar-refractivity contribution in [3.05, 3.63) is 22.5 Å². The van der Waals surface area contributed by atoms with Crippen molar-refractivity contribution in [3.63, 3.8) is 0 Å². The fourth-order valence-corrected chi connectivity index (χ4v) is 3.32. The van der Waals surface area contributed by atoms with Crippen molar-refractivity contribution < 1.29 is 23.9 Å². The molecular formula is C20H30N2O5. The van der Waals surface area contributed by atoms with E-state index in [1.165, 1.54) is 7.11 Å². The van der Waals surface area contributed by atoms with Crippen LogP contribution in [0.3, 0.4) is 0 Å². The van der Waals surface area contributed by atoms with Crippen molar-refractivity contribution in [2.45, 2.75) is 53.0 Å². The summed E-state index contributed by atoms with van der Waals surface area (Å²) in [6.07, 6.45) is 2.45. The molecule has 1 fully saturated rings. The fourth-order valence-electron chi connectivity index (χ4n) is 3.32. The van der Waals surface area contributed by atoms with Crippen molar-refractivity contribution in [2.24, 2.45) is 5.92 Å². The Balaban J connectivity index is 2.22. The standard InChI is InChI=1S/C20H30N2O5/c1-6-27-11-7-10-22(19(24)15-8-9-15)14(4)18(23)16-12(2)17(20(25)26-5)21-13(16)3/h14-15,21H,6-11H2,1-5H3/t14-/m0/s1. The molecule has 7 nitrogen and oxygen atoms in total. The highest BCUT2D eigenvalue weighted by Crippen LogP contribution is 2.32. The average Bonchev–Trinajstić information content (AvgIpc) is 3.45. The molecule has 0 bridgehead atoms. The molecule has 0 spiro atoms. The molecule has 1 saturated carbocycles. The molecule has 1 N–H and O–H groups in total. The van der Waals surface area contributed by atoms with Gasteiger partial charge in [-0.05, 0) is 52.5 Å². The van der Waals surface area contributed by atoms with Gasteiger partial charge in [0.05, 0.1) is 13.2 Å². The number of carbonyl (C=O) groups excluding carboxylic acids is 3. The van der Waals surface area contributed by atoms with E-state index in [4.69, 9.17) is 9.47 Å². The van der Waals surface area contributed by atoms with Crippen molar-refractivity contribution in [1.82, 2.24) is 9.88 Å². The number of H-pyrrole nitrogens is 1. The van der Waals surface area contributed by atoms with E-state index in [0.717, 1.165) is 12.8 Å². The van der Waals surface area contributed by atoms with E-state index in [9.17, 15) is 14.4 Å². The number of Topliss-reactive ketones (excluding diaryl/α,β-unsaturated/α-hetero) is 1. The number of esters is 1. The fraction of sp³-hybridized carbons (Fsp3) is 0.650. The van der Waals surface area contributed by atoms with Gasteiger partial charge in [0.1, 0.15) is 5.69 Å². The molecule has 1 heterocycles. The number of methoxy groups -OCH3 is 1. The normalized spacial score (nSPS) is 14.7. The topological polar surface area (TPSA) is 88.7 Å². The summed E-state index contributed by atoms with van der Waals surface area (Å²) in [6.45, 7) is 8.82. The van der Waals surface area contributed by atoms with Crippen LogP contribution in [0, 0.1) is 19.8 Å². The molecule has 1 amide bonds. The molecule has 2 rings (SSSR count). The number of hydrogen-bond donors (Lipinski definition) is 1. The minimum absolute atomic E-state index is 0.0337. The summed E-state index contributed by atoms with van der Waals surface area (Å²) >= 11 is 0. The van der Waals surface area contributed by atoms with Crippen LogP contribution in [0.4, 0.5) is 0 Å². The summed E-state index contributed by atoms with van der Waals surface area (Å²) in [5, 5.41) is 0. The Bertz CT molecular complexity index is 705. The Labute approximate surface area is 160 Å². The summed E-state index contributed by atoms with van der Waals surface area (Å²) in [4.78, 5) is 42.4. The highest BCUT2D eigenvalue weighted by molar-refractivity contribution is 6.06. The lowest BCUT2D eigenvalue weighted by Gasteiger charge is -2.29. The van der Waals surface area contributed by atoms with E-state index in [0.29, 0.717) is 43.0 Å². The molecule has 1 aliphatic carbocycles. The van der Waals surface area contributed by atoms with Crippen molar-refractivity contribution in [1.29, 1.82) is 0 Å². The number of ether oxygens (including phenoxy) is 2. The minimum Gasteiger partial charge on any atom is -0.464 e. The smallest absolute Gasteiger partial charge is 0.354 e. The summed E-state index contributed by atoms with van der Waals surface area (Å²) < 4.78 is 10.1. The maximum atomic E-state index is 13.2. The van der Waals surface area contributed by atoms with E-state index >= 15 is 0 Å². The monoisotopic (exact) mass is 378 g/mol. The third kappa shape index (κ3) is 4.77. The quantitative estimate of drug-likeness (QED) is 0.384. The second-order valence-electron chi connectivity index (χ2n) is 7.01. The van der Waals surface area contributed by atoms with Crippen LogP contribution in [0.2, 0.25) is 0 Å². The lowest BCUT2D eigenvalue weighted by molar-refractivity contribution is -0.134. The number of amides is 1. The van der Waals surface area contributed by atoms with Crippen LogP contribution in [0.1, 0.15) is 65.2 Å². The first-order valence-corrected chi connectivity index (χ1v) is 9.53. The molecule has 1 aliphatic rings. The molecule has 1 aromatic heterocycles. The van der Waals surface area contributed by atoms with Crippen LogP contribution in [0.5, 0.6) is 0 Å². The molecule has 0 aromatic carbocycles. The SMILES string of the molecule is CCOCCCN(C(=O)C1CC1)[C@@H](C)C(=O)c1c(C)[nH]c(C(=O)OC)c1C. The number of nitrogens with zero attached hydrogens (tertiary/aromatic N) is 1. The van der Waals surface area contributed by atoms with E-state index in [-0.39, 0.29) is 23.3 Å². The van der Waals surface area contributed by atoms with Gasteiger partial charge < -0.3 is 19.4 Å². The Kier molecular flexibility index (Phi) is 7.18. The van der Waals surface area contributed by atoms with Crippen LogP contribution < -0.4 is 0 Å². The van der Waals surface area contributed by atoms with Gasteiger partial charge in [0, 0.05) is 36.9 Å². The Hall–Kier alpha value is -2.15. The van der Waals surface area contributed by atoms with Crippen molar-refractivity contribution >= 4 is 17.7 Å². The van der Waals surface area contributed by atoms with Gasteiger partial charge in [-0.1, -0.05) is 0 Å². The first-order valence-electron chi connectivity index (χ1n) is 9.53. The van der Waals surface area contributed by atoms with Crippen molar-refractivity contribution in [2.75, 3.05) is 26.9 Å². The Morgan fingerprint density at radius 1 is 1.26 bits per heavy atom. The molecular weight excluding hydrogens is 348 g/mol. The zero-order chi connectivity index (χ0) is 20.1.